The Morgan fingerprint density at radius 3 is 1.87 bits per heavy atom. The average Bonchev–Trinajstić information content (AvgIpc) is 2.93. The molecule has 1 heterocycles. The van der Waals surface area contributed by atoms with Crippen molar-refractivity contribution in [1.82, 2.24) is 0 Å². The highest BCUT2D eigenvalue weighted by atomic mass is 19.2. The van der Waals surface area contributed by atoms with E-state index >= 15 is 0 Å². The quantitative estimate of drug-likeness (QED) is 0.340. The summed E-state index contributed by atoms with van der Waals surface area (Å²) >= 11 is 0. The lowest BCUT2D eigenvalue weighted by Crippen LogP contribution is -2.85. The Bertz CT molecular complexity index is 1260. The Labute approximate surface area is 222 Å². The van der Waals surface area contributed by atoms with Gasteiger partial charge in [0, 0.05) is 12.5 Å². The first-order chi connectivity index (χ1) is 18.6. The molecule has 0 saturated carbocycles. The Balaban J connectivity index is 0.000000268. The molecule has 11 heteroatoms. The Morgan fingerprint density at radius 1 is 0.872 bits per heavy atom. The summed E-state index contributed by atoms with van der Waals surface area (Å²) in [5, 5.41) is 22.5. The molecule has 0 aliphatic carbocycles. The number of benzene rings is 3. The first kappa shape index (κ1) is 28.9. The monoisotopic (exact) mass is 541 g/mol. The van der Waals surface area contributed by atoms with Crippen LogP contribution in [0.15, 0.2) is 72.8 Å². The van der Waals surface area contributed by atoms with Crippen molar-refractivity contribution in [3.63, 3.8) is 0 Å². The van der Waals surface area contributed by atoms with Crippen LogP contribution in [0.1, 0.15) is 39.6 Å². The SMILES string of the molecule is C[C@@H]1CCc2c(ccc(F)c2F)[NH2+]1.O=C(O[C@@H](C(=O)[O-])[C@@H](OC(=O)c1ccccc1)C(=O)O)c1ccccc1. The number of fused-ring (bicyclic) bond motifs is 1. The van der Waals surface area contributed by atoms with Crippen LogP contribution in [0.5, 0.6) is 0 Å². The van der Waals surface area contributed by atoms with E-state index in [1.807, 2.05) is 5.32 Å². The zero-order chi connectivity index (χ0) is 28.5. The van der Waals surface area contributed by atoms with E-state index in [-0.39, 0.29) is 11.1 Å². The maximum Gasteiger partial charge on any atom is 0.349 e. The minimum Gasteiger partial charge on any atom is -0.546 e. The molecule has 3 aromatic rings. The summed E-state index contributed by atoms with van der Waals surface area (Å²) in [5.41, 5.74) is 1.40. The maximum absolute atomic E-state index is 13.2. The molecular weight excluding hydrogens is 516 g/mol. The predicted molar refractivity (Wildman–Crippen MR) is 130 cm³/mol. The van der Waals surface area contributed by atoms with Crippen LogP contribution in [0.2, 0.25) is 0 Å². The van der Waals surface area contributed by atoms with Gasteiger partial charge in [0.2, 0.25) is 6.10 Å². The number of nitrogens with two attached hydrogens (primary N) is 1. The molecule has 0 bridgehead atoms. The van der Waals surface area contributed by atoms with Gasteiger partial charge in [-0.05, 0) is 43.7 Å². The molecule has 0 fully saturated rings. The van der Waals surface area contributed by atoms with E-state index in [1.54, 1.807) is 18.2 Å². The smallest absolute Gasteiger partial charge is 0.349 e. The van der Waals surface area contributed by atoms with Gasteiger partial charge < -0.3 is 29.8 Å². The zero-order valence-electron chi connectivity index (χ0n) is 20.7. The number of ether oxygens (including phenoxy) is 2. The lowest BCUT2D eigenvalue weighted by atomic mass is 9.98. The molecule has 0 amide bonds. The van der Waals surface area contributed by atoms with Crippen LogP contribution >= 0.6 is 0 Å². The summed E-state index contributed by atoms with van der Waals surface area (Å²) in [4.78, 5) is 46.7. The molecule has 3 aromatic carbocycles. The Hall–Kier alpha value is -4.64. The van der Waals surface area contributed by atoms with Gasteiger partial charge in [0.05, 0.1) is 28.7 Å². The standard InChI is InChI=1S/C18H14O8.C10H11F2N/c19-15(20)13(25-17(23)11-7-3-1-4-8-11)14(16(21)22)26-18(24)12-9-5-2-6-10-12;1-6-2-3-7-9(13-6)5-4-8(11)10(7)12/h1-10,13-14H,(H,19,20)(H,21,22);4-6,13H,2-3H2,1H3/t13-,14-;6-/m11/s1. The van der Waals surface area contributed by atoms with Crippen LogP contribution in [0.3, 0.4) is 0 Å². The van der Waals surface area contributed by atoms with Crippen molar-refractivity contribution < 1.29 is 53.0 Å². The summed E-state index contributed by atoms with van der Waals surface area (Å²) in [6.07, 6.45) is -3.04. The lowest BCUT2D eigenvalue weighted by Gasteiger charge is -2.24. The van der Waals surface area contributed by atoms with Gasteiger partial charge in [-0.2, -0.15) is 0 Å². The highest BCUT2D eigenvalue weighted by Gasteiger charge is 2.36. The molecule has 1 aliphatic rings. The van der Waals surface area contributed by atoms with E-state index in [0.29, 0.717) is 18.0 Å². The van der Waals surface area contributed by atoms with E-state index in [4.69, 9.17) is 9.47 Å². The molecule has 3 atom stereocenters. The number of carbonyl (C=O) groups excluding carboxylic acids is 3. The van der Waals surface area contributed by atoms with Crippen LogP contribution < -0.4 is 10.4 Å². The zero-order valence-corrected chi connectivity index (χ0v) is 20.7. The first-order valence-electron chi connectivity index (χ1n) is 11.9. The van der Waals surface area contributed by atoms with E-state index in [0.717, 1.165) is 12.1 Å². The normalized spacial score (nSPS) is 15.4. The number of carbonyl (C=O) groups is 4. The number of aliphatic carboxylic acids is 2. The van der Waals surface area contributed by atoms with Gasteiger partial charge in [0.15, 0.2) is 17.7 Å². The highest BCUT2D eigenvalue weighted by Crippen LogP contribution is 2.22. The number of carboxylic acids is 2. The second-order valence-electron chi connectivity index (χ2n) is 8.65. The lowest BCUT2D eigenvalue weighted by molar-refractivity contribution is -0.612. The number of carboxylic acid groups (broad SMARTS) is 2. The van der Waals surface area contributed by atoms with Gasteiger partial charge in [-0.3, -0.25) is 0 Å². The third kappa shape index (κ3) is 7.68. The van der Waals surface area contributed by atoms with E-state index in [9.17, 15) is 38.2 Å². The third-order valence-electron chi connectivity index (χ3n) is 5.78. The summed E-state index contributed by atoms with van der Waals surface area (Å²) < 4.78 is 35.5. The molecule has 1 aliphatic heterocycles. The van der Waals surface area contributed by atoms with Crippen molar-refractivity contribution in [2.24, 2.45) is 0 Å². The first-order valence-corrected chi connectivity index (χ1v) is 11.9. The number of quaternary nitrogens is 1. The number of halogens is 2. The van der Waals surface area contributed by atoms with Crippen molar-refractivity contribution in [3.05, 3.63) is 101 Å². The summed E-state index contributed by atoms with van der Waals surface area (Å²) in [5.74, 6) is -7.39. The van der Waals surface area contributed by atoms with Gasteiger partial charge in [-0.25, -0.2) is 23.2 Å². The van der Waals surface area contributed by atoms with Crippen molar-refractivity contribution >= 4 is 29.6 Å². The number of rotatable bonds is 7. The molecule has 4 rings (SSSR count). The van der Waals surface area contributed by atoms with Gasteiger partial charge >= 0.3 is 17.9 Å². The van der Waals surface area contributed by atoms with Crippen LogP contribution in [0.4, 0.5) is 14.5 Å². The summed E-state index contributed by atoms with van der Waals surface area (Å²) in [6.45, 7) is 2.09. The Kier molecular flexibility index (Phi) is 9.82. The number of esters is 2. The van der Waals surface area contributed by atoms with Crippen LogP contribution in [-0.4, -0.2) is 47.2 Å². The van der Waals surface area contributed by atoms with Crippen molar-refractivity contribution in [3.8, 4) is 0 Å². The van der Waals surface area contributed by atoms with Crippen molar-refractivity contribution in [2.75, 3.05) is 0 Å². The van der Waals surface area contributed by atoms with Gasteiger partial charge in [0.25, 0.3) is 0 Å². The van der Waals surface area contributed by atoms with Crippen LogP contribution in [0, 0.1) is 11.6 Å². The van der Waals surface area contributed by atoms with Gasteiger partial charge in [-0.15, -0.1) is 0 Å². The fourth-order valence-electron chi connectivity index (χ4n) is 3.77. The fourth-order valence-corrected chi connectivity index (χ4v) is 3.77. The molecule has 0 saturated heterocycles. The topological polar surface area (TPSA) is 147 Å². The van der Waals surface area contributed by atoms with E-state index in [2.05, 4.69) is 6.92 Å². The van der Waals surface area contributed by atoms with Crippen molar-refractivity contribution in [1.29, 1.82) is 0 Å². The minimum atomic E-state index is -2.33. The third-order valence-corrected chi connectivity index (χ3v) is 5.78. The fraction of sp³-hybridized carbons (Fsp3) is 0.214. The van der Waals surface area contributed by atoms with Gasteiger partial charge in [0.1, 0.15) is 5.69 Å². The number of hydrogen-bond donors (Lipinski definition) is 2. The minimum absolute atomic E-state index is 0.00252. The molecule has 9 nitrogen and oxygen atoms in total. The second kappa shape index (κ2) is 13.2. The Morgan fingerprint density at radius 2 is 1.38 bits per heavy atom. The predicted octanol–water partition coefficient (Wildman–Crippen LogP) is 1.77. The molecule has 3 N–H and O–H groups in total. The largest absolute Gasteiger partial charge is 0.546 e. The van der Waals surface area contributed by atoms with Crippen molar-refractivity contribution in [2.45, 2.75) is 38.0 Å². The average molecular weight is 542 g/mol. The maximum atomic E-state index is 13.2. The highest BCUT2D eigenvalue weighted by molar-refractivity contribution is 5.95. The molecule has 204 valence electrons. The molecular formula is C28H25F2NO8. The molecule has 0 unspecified atom stereocenters. The summed E-state index contributed by atoms with van der Waals surface area (Å²) in [6, 6.07) is 18.0. The molecule has 0 spiro atoms. The molecule has 0 aromatic heterocycles. The molecule has 0 radical (unpaired) electrons. The van der Waals surface area contributed by atoms with E-state index in [1.165, 1.54) is 54.6 Å². The van der Waals surface area contributed by atoms with Gasteiger partial charge in [-0.1, -0.05) is 36.4 Å². The second-order valence-corrected chi connectivity index (χ2v) is 8.65. The van der Waals surface area contributed by atoms with E-state index < -0.39 is 47.7 Å². The molecule has 39 heavy (non-hydrogen) atoms. The van der Waals surface area contributed by atoms with Crippen LogP contribution in [0.25, 0.3) is 0 Å². The van der Waals surface area contributed by atoms with Crippen LogP contribution in [-0.2, 0) is 25.5 Å². The summed E-state index contributed by atoms with van der Waals surface area (Å²) in [7, 11) is 0. The number of hydrogen-bond acceptors (Lipinski definition) is 7.